The van der Waals surface area contributed by atoms with Crippen molar-refractivity contribution in [3.63, 3.8) is 0 Å². The highest BCUT2D eigenvalue weighted by atomic mass is 19.1. The molecule has 0 saturated heterocycles. The molecule has 0 fully saturated rings. The van der Waals surface area contributed by atoms with Crippen molar-refractivity contribution < 1.29 is 9.13 Å². The second-order valence-corrected chi connectivity index (χ2v) is 4.10. The van der Waals surface area contributed by atoms with E-state index in [1.54, 1.807) is 0 Å². The van der Waals surface area contributed by atoms with E-state index in [9.17, 15) is 4.39 Å². The molecular formula is C15H25FO. The fourth-order valence-electron chi connectivity index (χ4n) is 1.45. The highest BCUT2D eigenvalue weighted by Crippen LogP contribution is 2.15. The molecule has 0 amide bonds. The molecule has 0 saturated carbocycles. The molecule has 1 aromatic rings. The largest absolute Gasteiger partial charge is 0.494 e. The summed E-state index contributed by atoms with van der Waals surface area (Å²) in [6, 6.07) is 4.67. The fourth-order valence-corrected chi connectivity index (χ4v) is 1.45. The predicted molar refractivity (Wildman–Crippen MR) is 72.1 cm³/mol. The zero-order valence-electron chi connectivity index (χ0n) is 11.6. The van der Waals surface area contributed by atoms with Crippen LogP contribution in [0.3, 0.4) is 0 Å². The Hall–Kier alpha value is -1.05. The lowest BCUT2D eigenvalue weighted by Gasteiger charge is -2.03. The molecule has 1 aromatic carbocycles. The molecule has 0 aliphatic rings. The normalized spacial score (nSPS) is 9.47. The maximum absolute atomic E-state index is 12.7. The van der Waals surface area contributed by atoms with Gasteiger partial charge in [0.2, 0.25) is 0 Å². The van der Waals surface area contributed by atoms with Gasteiger partial charge < -0.3 is 4.74 Å². The first-order valence-electron chi connectivity index (χ1n) is 6.54. The lowest BCUT2D eigenvalue weighted by molar-refractivity contribution is 0.338. The summed E-state index contributed by atoms with van der Waals surface area (Å²) in [5.74, 6) is 0.360. The Morgan fingerprint density at radius 1 is 1.00 bits per heavy atom. The smallest absolute Gasteiger partial charge is 0.127 e. The van der Waals surface area contributed by atoms with E-state index in [1.807, 2.05) is 19.9 Å². The Kier molecular flexibility index (Phi) is 9.50. The van der Waals surface area contributed by atoms with Crippen LogP contribution in [0.5, 0.6) is 5.75 Å². The summed E-state index contributed by atoms with van der Waals surface area (Å²) in [4.78, 5) is 0. The molecular weight excluding hydrogens is 215 g/mol. The maximum Gasteiger partial charge on any atom is 0.127 e. The third-order valence-electron chi connectivity index (χ3n) is 2.28. The molecule has 0 aromatic heterocycles. The van der Waals surface area contributed by atoms with Gasteiger partial charge in [-0.2, -0.15) is 0 Å². The average Bonchev–Trinajstić information content (AvgIpc) is 2.26. The van der Waals surface area contributed by atoms with Crippen LogP contribution in [0.25, 0.3) is 0 Å². The second kappa shape index (κ2) is 10.1. The van der Waals surface area contributed by atoms with E-state index in [1.165, 1.54) is 37.8 Å². The topological polar surface area (TPSA) is 9.23 Å². The van der Waals surface area contributed by atoms with Crippen LogP contribution in [0.4, 0.5) is 4.39 Å². The summed E-state index contributed by atoms with van der Waals surface area (Å²) >= 11 is 0. The summed E-state index contributed by atoms with van der Waals surface area (Å²) in [7, 11) is 0. The van der Waals surface area contributed by atoms with Gasteiger partial charge in [0.15, 0.2) is 0 Å². The minimum absolute atomic E-state index is 0.242. The molecule has 0 bridgehead atoms. The van der Waals surface area contributed by atoms with Crippen LogP contribution in [0.1, 0.15) is 52.0 Å². The van der Waals surface area contributed by atoms with E-state index in [0.29, 0.717) is 12.4 Å². The van der Waals surface area contributed by atoms with Gasteiger partial charge in [-0.15, -0.1) is 0 Å². The molecule has 0 aliphatic carbocycles. The van der Waals surface area contributed by atoms with Crippen LogP contribution in [0, 0.1) is 12.7 Å². The minimum Gasteiger partial charge on any atom is -0.494 e. The van der Waals surface area contributed by atoms with Crippen molar-refractivity contribution in [2.45, 2.75) is 53.4 Å². The number of hydrogen-bond acceptors (Lipinski definition) is 1. The van der Waals surface area contributed by atoms with Crippen molar-refractivity contribution in [1.29, 1.82) is 0 Å². The number of halogens is 1. The van der Waals surface area contributed by atoms with Gasteiger partial charge in [0.1, 0.15) is 11.6 Å². The summed E-state index contributed by atoms with van der Waals surface area (Å²) in [5, 5.41) is 0. The molecule has 0 spiro atoms. The van der Waals surface area contributed by atoms with E-state index in [-0.39, 0.29) is 5.82 Å². The van der Waals surface area contributed by atoms with Crippen LogP contribution >= 0.6 is 0 Å². The highest BCUT2D eigenvalue weighted by Gasteiger charge is 1.96. The number of hydrogen-bond donors (Lipinski definition) is 0. The van der Waals surface area contributed by atoms with Crippen molar-refractivity contribution >= 4 is 0 Å². The standard InChI is InChI=1S/C9H11FO.C6H14/c1-3-11-9-5-7(2)4-8(10)6-9;1-3-5-6-4-2/h4-6H,3H2,1-2H3;3-6H2,1-2H3. The molecule has 98 valence electrons. The maximum atomic E-state index is 12.7. The number of rotatable bonds is 5. The molecule has 0 atom stereocenters. The summed E-state index contributed by atoms with van der Waals surface area (Å²) in [5.41, 5.74) is 0.883. The number of unbranched alkanes of at least 4 members (excludes halogenated alkanes) is 3. The van der Waals surface area contributed by atoms with Crippen molar-refractivity contribution in [2.24, 2.45) is 0 Å². The lowest BCUT2D eigenvalue weighted by Crippen LogP contribution is -1.92. The molecule has 1 rings (SSSR count). The number of ether oxygens (including phenoxy) is 1. The summed E-state index contributed by atoms with van der Waals surface area (Å²) < 4.78 is 17.8. The van der Waals surface area contributed by atoms with Gasteiger partial charge in [-0.3, -0.25) is 0 Å². The molecule has 2 heteroatoms. The second-order valence-electron chi connectivity index (χ2n) is 4.10. The van der Waals surface area contributed by atoms with Crippen LogP contribution in [-0.4, -0.2) is 6.61 Å². The van der Waals surface area contributed by atoms with E-state index in [4.69, 9.17) is 4.74 Å². The van der Waals surface area contributed by atoms with E-state index < -0.39 is 0 Å². The van der Waals surface area contributed by atoms with Crippen LogP contribution in [0.15, 0.2) is 18.2 Å². The molecule has 17 heavy (non-hydrogen) atoms. The Labute approximate surface area is 105 Å². The Morgan fingerprint density at radius 3 is 2.00 bits per heavy atom. The number of benzene rings is 1. The Balaban J connectivity index is 0.000000366. The fraction of sp³-hybridized carbons (Fsp3) is 0.600. The first-order valence-corrected chi connectivity index (χ1v) is 6.54. The zero-order valence-corrected chi connectivity index (χ0v) is 11.6. The number of aryl methyl sites for hydroxylation is 1. The van der Waals surface area contributed by atoms with Gasteiger partial charge in [-0.25, -0.2) is 4.39 Å². The first-order chi connectivity index (χ1) is 8.13. The van der Waals surface area contributed by atoms with Gasteiger partial charge >= 0.3 is 0 Å². The van der Waals surface area contributed by atoms with Crippen LogP contribution in [0.2, 0.25) is 0 Å². The Bertz CT molecular complexity index is 273. The lowest BCUT2D eigenvalue weighted by atomic mass is 10.2. The highest BCUT2D eigenvalue weighted by molar-refractivity contribution is 5.28. The van der Waals surface area contributed by atoms with E-state index in [2.05, 4.69) is 13.8 Å². The average molecular weight is 240 g/mol. The molecule has 0 radical (unpaired) electrons. The monoisotopic (exact) mass is 240 g/mol. The van der Waals surface area contributed by atoms with Crippen LogP contribution in [-0.2, 0) is 0 Å². The molecule has 0 aliphatic heterocycles. The van der Waals surface area contributed by atoms with Gasteiger partial charge in [-0.05, 0) is 31.5 Å². The van der Waals surface area contributed by atoms with Crippen molar-refractivity contribution in [1.82, 2.24) is 0 Å². The molecule has 0 N–H and O–H groups in total. The SMILES string of the molecule is CCCCCC.CCOc1cc(C)cc(F)c1. The minimum atomic E-state index is -0.242. The first kappa shape index (κ1) is 16.0. The van der Waals surface area contributed by atoms with Gasteiger partial charge in [0, 0.05) is 6.07 Å². The quantitative estimate of drug-likeness (QED) is 0.649. The zero-order chi connectivity index (χ0) is 13.1. The van der Waals surface area contributed by atoms with Crippen molar-refractivity contribution in [2.75, 3.05) is 6.61 Å². The van der Waals surface area contributed by atoms with Gasteiger partial charge in [0.05, 0.1) is 6.61 Å². The molecule has 0 heterocycles. The van der Waals surface area contributed by atoms with E-state index >= 15 is 0 Å². The summed E-state index contributed by atoms with van der Waals surface area (Å²) in [6.07, 6.45) is 5.54. The Morgan fingerprint density at radius 2 is 1.59 bits per heavy atom. The van der Waals surface area contributed by atoms with Crippen molar-refractivity contribution in [3.8, 4) is 5.75 Å². The van der Waals surface area contributed by atoms with E-state index in [0.717, 1.165) is 5.56 Å². The van der Waals surface area contributed by atoms with Crippen molar-refractivity contribution in [3.05, 3.63) is 29.6 Å². The van der Waals surface area contributed by atoms with Gasteiger partial charge in [-0.1, -0.05) is 39.5 Å². The third-order valence-corrected chi connectivity index (χ3v) is 2.28. The van der Waals surface area contributed by atoms with Crippen LogP contribution < -0.4 is 4.74 Å². The molecule has 1 nitrogen and oxygen atoms in total. The predicted octanol–water partition coefficient (Wildman–Crippen LogP) is 5.12. The third kappa shape index (κ3) is 8.73. The van der Waals surface area contributed by atoms with Gasteiger partial charge in [0.25, 0.3) is 0 Å². The summed E-state index contributed by atoms with van der Waals surface area (Å²) in [6.45, 7) is 8.75. The molecule has 0 unspecified atom stereocenters.